The maximum atomic E-state index is 12.9. The molecule has 3 rings (SSSR count). The van der Waals surface area contributed by atoms with Crippen molar-refractivity contribution in [2.24, 2.45) is 0 Å². The molecule has 1 aliphatic rings. The Kier molecular flexibility index (Phi) is 4.96. The molecule has 2 aromatic heterocycles. The summed E-state index contributed by atoms with van der Waals surface area (Å²) >= 11 is 1.29. The fourth-order valence-corrected chi connectivity index (χ4v) is 3.52. The van der Waals surface area contributed by atoms with Gasteiger partial charge < -0.3 is 14.9 Å². The second-order valence-electron chi connectivity index (χ2n) is 6.18. The molecule has 0 fully saturated rings. The van der Waals surface area contributed by atoms with Gasteiger partial charge in [0.05, 0.1) is 43.3 Å². The SMILES string of the molecule is C[NH+](C)CCN1C(=O)C(O)=C(C(=O)c2cccs2)[C@H]1c1ccccn1. The van der Waals surface area contributed by atoms with Crippen molar-refractivity contribution in [3.63, 3.8) is 0 Å². The average molecular weight is 358 g/mol. The highest BCUT2D eigenvalue weighted by Crippen LogP contribution is 2.38. The third-order valence-corrected chi connectivity index (χ3v) is 4.98. The number of pyridine rings is 1. The Morgan fingerprint density at radius 2 is 2.12 bits per heavy atom. The Labute approximate surface area is 150 Å². The van der Waals surface area contributed by atoms with E-state index in [-0.39, 0.29) is 11.4 Å². The average Bonchev–Trinajstić information content (AvgIpc) is 3.22. The number of aliphatic hydroxyl groups excluding tert-OH is 1. The number of thiophene rings is 1. The number of nitrogens with one attached hydrogen (secondary N) is 1. The van der Waals surface area contributed by atoms with Crippen molar-refractivity contribution in [1.82, 2.24) is 9.88 Å². The predicted molar refractivity (Wildman–Crippen MR) is 94.7 cm³/mol. The van der Waals surface area contributed by atoms with E-state index in [2.05, 4.69) is 4.98 Å². The first-order valence-electron chi connectivity index (χ1n) is 8.03. The van der Waals surface area contributed by atoms with Crippen molar-refractivity contribution in [1.29, 1.82) is 0 Å². The third kappa shape index (κ3) is 3.33. The van der Waals surface area contributed by atoms with Crippen LogP contribution in [0.4, 0.5) is 0 Å². The molecule has 6 nitrogen and oxygen atoms in total. The van der Waals surface area contributed by atoms with Gasteiger partial charge >= 0.3 is 0 Å². The van der Waals surface area contributed by atoms with Crippen molar-refractivity contribution in [2.45, 2.75) is 6.04 Å². The van der Waals surface area contributed by atoms with Gasteiger partial charge in [0.25, 0.3) is 5.91 Å². The number of amides is 1. The van der Waals surface area contributed by atoms with Gasteiger partial charge in [-0.05, 0) is 23.6 Å². The highest BCUT2D eigenvalue weighted by Gasteiger charge is 2.44. The first-order chi connectivity index (χ1) is 12.0. The smallest absolute Gasteiger partial charge is 0.290 e. The Morgan fingerprint density at radius 1 is 1.32 bits per heavy atom. The molecule has 3 heterocycles. The molecule has 1 atom stereocenters. The number of quaternary nitrogens is 1. The second kappa shape index (κ2) is 7.16. The highest BCUT2D eigenvalue weighted by atomic mass is 32.1. The van der Waals surface area contributed by atoms with Crippen LogP contribution in [0.15, 0.2) is 53.2 Å². The van der Waals surface area contributed by atoms with Crippen LogP contribution in [0, 0.1) is 0 Å². The van der Waals surface area contributed by atoms with Gasteiger partial charge in [-0.1, -0.05) is 12.1 Å². The third-order valence-electron chi connectivity index (χ3n) is 4.11. The minimum atomic E-state index is -0.664. The maximum absolute atomic E-state index is 12.9. The molecule has 0 aromatic carbocycles. The Balaban J connectivity index is 2.04. The van der Waals surface area contributed by atoms with E-state index in [1.54, 1.807) is 35.8 Å². The van der Waals surface area contributed by atoms with Crippen molar-refractivity contribution in [2.75, 3.05) is 27.2 Å². The lowest BCUT2D eigenvalue weighted by atomic mass is 9.99. The molecule has 1 amide bonds. The van der Waals surface area contributed by atoms with Crippen LogP contribution in [0.3, 0.4) is 0 Å². The molecule has 0 saturated heterocycles. The summed E-state index contributed by atoms with van der Waals surface area (Å²) in [7, 11) is 3.97. The summed E-state index contributed by atoms with van der Waals surface area (Å²) in [6.07, 6.45) is 1.62. The zero-order valence-corrected chi connectivity index (χ0v) is 14.9. The van der Waals surface area contributed by atoms with Gasteiger partial charge in [0, 0.05) is 6.20 Å². The summed E-state index contributed by atoms with van der Waals surface area (Å²) in [6.45, 7) is 1.12. The summed E-state index contributed by atoms with van der Waals surface area (Å²) in [5.41, 5.74) is 0.688. The molecule has 2 N–H and O–H groups in total. The van der Waals surface area contributed by atoms with Crippen LogP contribution in [0.5, 0.6) is 0 Å². The zero-order valence-electron chi connectivity index (χ0n) is 14.1. The fourth-order valence-electron chi connectivity index (χ4n) is 2.85. The molecular weight excluding hydrogens is 338 g/mol. The number of carbonyl (C=O) groups is 2. The highest BCUT2D eigenvalue weighted by molar-refractivity contribution is 7.12. The second-order valence-corrected chi connectivity index (χ2v) is 7.13. The summed E-state index contributed by atoms with van der Waals surface area (Å²) in [5, 5.41) is 12.2. The summed E-state index contributed by atoms with van der Waals surface area (Å²) in [5.74, 6) is -1.31. The van der Waals surface area contributed by atoms with E-state index in [1.807, 2.05) is 20.2 Å². The van der Waals surface area contributed by atoms with E-state index in [0.717, 1.165) is 0 Å². The van der Waals surface area contributed by atoms with Crippen LogP contribution in [0.25, 0.3) is 0 Å². The topological polar surface area (TPSA) is 74.9 Å². The van der Waals surface area contributed by atoms with Gasteiger partial charge in [-0.2, -0.15) is 0 Å². The van der Waals surface area contributed by atoms with Crippen molar-refractivity contribution in [3.8, 4) is 0 Å². The maximum Gasteiger partial charge on any atom is 0.290 e. The van der Waals surface area contributed by atoms with E-state index in [4.69, 9.17) is 0 Å². The number of likely N-dealkylation sites (N-methyl/N-ethyl adjacent to an activating group) is 1. The van der Waals surface area contributed by atoms with Gasteiger partial charge in [0.1, 0.15) is 6.04 Å². The van der Waals surface area contributed by atoms with Gasteiger partial charge in [-0.15, -0.1) is 11.3 Å². The molecular formula is C18H20N3O3S+. The Hall–Kier alpha value is -2.51. The number of carbonyl (C=O) groups excluding carboxylic acids is 2. The number of hydrogen-bond acceptors (Lipinski definition) is 5. The number of Topliss-reactive ketones (excluding diaryl/α,β-unsaturated/α-hetero) is 1. The fraction of sp³-hybridized carbons (Fsp3) is 0.278. The number of ketones is 1. The van der Waals surface area contributed by atoms with Crippen molar-refractivity contribution < 1.29 is 19.6 Å². The van der Waals surface area contributed by atoms with Crippen LogP contribution in [0.2, 0.25) is 0 Å². The van der Waals surface area contributed by atoms with Gasteiger partial charge in [-0.25, -0.2) is 0 Å². The van der Waals surface area contributed by atoms with Crippen LogP contribution in [-0.2, 0) is 4.79 Å². The monoisotopic (exact) mass is 358 g/mol. The standard InChI is InChI=1S/C18H19N3O3S/c1-20(2)9-10-21-15(12-6-3-4-8-19-12)14(17(23)18(21)24)16(22)13-7-5-11-25-13/h3-8,11,15,23H,9-10H2,1-2H3/p+1/t15-/m1/s1. The summed E-state index contributed by atoms with van der Waals surface area (Å²) in [6, 6.07) is 8.16. The molecule has 0 saturated carbocycles. The molecule has 0 unspecified atom stereocenters. The number of aromatic nitrogens is 1. The molecule has 25 heavy (non-hydrogen) atoms. The summed E-state index contributed by atoms with van der Waals surface area (Å²) < 4.78 is 0. The number of hydrogen-bond donors (Lipinski definition) is 2. The Bertz CT molecular complexity index is 800. The molecule has 2 aromatic rings. The first kappa shape index (κ1) is 17.3. The molecule has 130 valence electrons. The largest absolute Gasteiger partial charge is 0.503 e. The number of rotatable bonds is 6. The Morgan fingerprint density at radius 3 is 2.72 bits per heavy atom. The van der Waals surface area contributed by atoms with Gasteiger partial charge in [0.15, 0.2) is 5.76 Å². The van der Waals surface area contributed by atoms with E-state index in [9.17, 15) is 14.7 Å². The van der Waals surface area contributed by atoms with E-state index < -0.39 is 17.7 Å². The minimum absolute atomic E-state index is 0.111. The van der Waals surface area contributed by atoms with Gasteiger partial charge in [0.2, 0.25) is 5.78 Å². The molecule has 0 radical (unpaired) electrons. The molecule has 1 aliphatic heterocycles. The van der Waals surface area contributed by atoms with Crippen molar-refractivity contribution in [3.05, 3.63) is 63.8 Å². The molecule has 0 spiro atoms. The lowest BCUT2D eigenvalue weighted by Gasteiger charge is -2.26. The number of nitrogens with zero attached hydrogens (tertiary/aromatic N) is 2. The lowest BCUT2D eigenvalue weighted by Crippen LogP contribution is -3.06. The van der Waals surface area contributed by atoms with E-state index in [0.29, 0.717) is 23.7 Å². The van der Waals surface area contributed by atoms with E-state index >= 15 is 0 Å². The van der Waals surface area contributed by atoms with E-state index in [1.165, 1.54) is 21.1 Å². The van der Waals surface area contributed by atoms with Crippen molar-refractivity contribution >= 4 is 23.0 Å². The van der Waals surface area contributed by atoms with Gasteiger partial charge in [-0.3, -0.25) is 14.6 Å². The van der Waals surface area contributed by atoms with Crippen LogP contribution in [0.1, 0.15) is 21.4 Å². The predicted octanol–water partition coefficient (Wildman–Crippen LogP) is 0.866. The van der Waals surface area contributed by atoms with Crippen LogP contribution < -0.4 is 4.90 Å². The molecule has 0 bridgehead atoms. The van der Waals surface area contributed by atoms with Crippen LogP contribution >= 0.6 is 11.3 Å². The van der Waals surface area contributed by atoms with Crippen LogP contribution in [-0.4, -0.2) is 53.9 Å². The minimum Gasteiger partial charge on any atom is -0.503 e. The summed E-state index contributed by atoms with van der Waals surface area (Å²) in [4.78, 5) is 33.1. The molecule has 0 aliphatic carbocycles. The first-order valence-corrected chi connectivity index (χ1v) is 8.91. The normalized spacial score (nSPS) is 17.6. The number of aliphatic hydroxyl groups is 1. The zero-order chi connectivity index (χ0) is 18.0. The quantitative estimate of drug-likeness (QED) is 0.752. The molecule has 7 heteroatoms. The lowest BCUT2D eigenvalue weighted by molar-refractivity contribution is -0.857.